The summed E-state index contributed by atoms with van der Waals surface area (Å²) >= 11 is -1.55. The van der Waals surface area contributed by atoms with Crippen LogP contribution in [0.15, 0.2) is 48.5 Å². The van der Waals surface area contributed by atoms with Gasteiger partial charge >= 0.3 is 0 Å². The summed E-state index contributed by atoms with van der Waals surface area (Å²) in [5, 5.41) is -0.576. The molecule has 2 atom stereocenters. The van der Waals surface area contributed by atoms with Gasteiger partial charge in [-0.1, -0.05) is 42.0 Å². The first-order valence-corrected chi connectivity index (χ1v) is 7.83. The van der Waals surface area contributed by atoms with E-state index < -0.39 is 28.2 Å². The molecule has 0 fully saturated rings. The van der Waals surface area contributed by atoms with Gasteiger partial charge in [0, 0.05) is 11.1 Å². The van der Waals surface area contributed by atoms with Gasteiger partial charge in [0.15, 0.2) is 11.0 Å². The van der Waals surface area contributed by atoms with E-state index in [-0.39, 0.29) is 5.75 Å². The molecule has 2 aromatic rings. The third-order valence-corrected chi connectivity index (χ3v) is 4.68. The predicted molar refractivity (Wildman–Crippen MR) is 81.6 cm³/mol. The molecule has 3 nitrogen and oxygen atoms in total. The van der Waals surface area contributed by atoms with E-state index in [1.54, 1.807) is 12.1 Å². The highest BCUT2D eigenvalue weighted by Crippen LogP contribution is 2.31. The van der Waals surface area contributed by atoms with Gasteiger partial charge in [-0.25, -0.2) is 4.39 Å². The summed E-state index contributed by atoms with van der Waals surface area (Å²) in [6, 6.07) is 13.4. The summed E-state index contributed by atoms with van der Waals surface area (Å²) < 4.78 is 25.9. The van der Waals surface area contributed by atoms with Crippen molar-refractivity contribution < 1.29 is 13.7 Å². The van der Waals surface area contributed by atoms with Crippen molar-refractivity contribution in [1.82, 2.24) is 0 Å². The molecule has 0 radical (unpaired) electrons. The molecule has 2 N–H and O–H groups in total. The lowest BCUT2D eigenvalue weighted by Gasteiger charge is -2.22. The topological polar surface area (TPSA) is 66.2 Å². The van der Waals surface area contributed by atoms with Gasteiger partial charge in [-0.3, -0.25) is 4.79 Å². The average molecular weight is 305 g/mol. The number of nitrogens with two attached hydrogens (primary N) is 1. The maximum absolute atomic E-state index is 13.5. The minimum absolute atomic E-state index is 0.255. The first kappa shape index (κ1) is 15.5. The van der Waals surface area contributed by atoms with E-state index in [0.717, 1.165) is 11.1 Å². The molecule has 0 saturated heterocycles. The van der Waals surface area contributed by atoms with Crippen LogP contribution in [0.2, 0.25) is 0 Å². The van der Waals surface area contributed by atoms with E-state index in [0.29, 0.717) is 5.56 Å². The quantitative estimate of drug-likeness (QED) is 0.862. The maximum atomic E-state index is 13.5. The van der Waals surface area contributed by atoms with Crippen LogP contribution in [0, 0.1) is 12.7 Å². The Bertz CT molecular complexity index is 602. The van der Waals surface area contributed by atoms with Crippen LogP contribution in [0.3, 0.4) is 0 Å². The molecule has 1 amide bonds. The molecule has 2 aromatic carbocycles. The maximum Gasteiger partial charge on any atom is 0.267 e. The van der Waals surface area contributed by atoms with Crippen molar-refractivity contribution in [3.05, 3.63) is 71.0 Å². The van der Waals surface area contributed by atoms with Crippen LogP contribution < -0.4 is 5.73 Å². The van der Waals surface area contributed by atoms with Crippen LogP contribution in [0.25, 0.3) is 0 Å². The molecule has 0 aliphatic carbocycles. The SMILES string of the molecule is Cc1cccc(C(c2cccc(F)c2)[S+]([O-])CC(N)=O)c1. The predicted octanol–water partition coefficient (Wildman–Crippen LogP) is 2.46. The Balaban J connectivity index is 2.46. The monoisotopic (exact) mass is 305 g/mol. The smallest absolute Gasteiger partial charge is 0.267 e. The molecule has 0 aromatic heterocycles. The van der Waals surface area contributed by atoms with Crippen molar-refractivity contribution >= 4 is 17.1 Å². The number of carbonyl (C=O) groups is 1. The summed E-state index contributed by atoms with van der Waals surface area (Å²) in [5.41, 5.74) is 7.49. The Morgan fingerprint density at radius 2 is 1.86 bits per heavy atom. The molecule has 2 unspecified atom stereocenters. The molecule has 110 valence electrons. The van der Waals surface area contributed by atoms with Crippen LogP contribution in [0.4, 0.5) is 4.39 Å². The largest absolute Gasteiger partial charge is 0.615 e. The van der Waals surface area contributed by atoms with Crippen molar-refractivity contribution in [3.63, 3.8) is 0 Å². The van der Waals surface area contributed by atoms with Gasteiger partial charge in [-0.05, 0) is 30.2 Å². The standard InChI is InChI=1S/C16H16FNO2S/c1-11-4-2-5-12(8-11)16(21(20)10-15(18)19)13-6-3-7-14(17)9-13/h2-9,16H,10H2,1H3,(H2,18,19). The third-order valence-electron chi connectivity index (χ3n) is 3.04. The summed E-state index contributed by atoms with van der Waals surface area (Å²) in [6.45, 7) is 1.92. The van der Waals surface area contributed by atoms with Gasteiger partial charge in [0.1, 0.15) is 5.82 Å². The van der Waals surface area contributed by atoms with Gasteiger partial charge in [-0.15, -0.1) is 0 Å². The highest BCUT2D eigenvalue weighted by atomic mass is 32.2. The number of rotatable bonds is 5. The fourth-order valence-electron chi connectivity index (χ4n) is 2.22. The van der Waals surface area contributed by atoms with Crippen molar-refractivity contribution in [2.24, 2.45) is 5.73 Å². The lowest BCUT2D eigenvalue weighted by molar-refractivity contribution is -0.115. The van der Waals surface area contributed by atoms with Crippen molar-refractivity contribution in [2.45, 2.75) is 12.2 Å². The Morgan fingerprint density at radius 1 is 1.24 bits per heavy atom. The average Bonchev–Trinajstić information content (AvgIpc) is 2.38. The molecule has 5 heteroatoms. The number of carbonyl (C=O) groups excluding carboxylic acids is 1. The number of primary amides is 1. The Morgan fingerprint density at radius 3 is 2.43 bits per heavy atom. The van der Waals surface area contributed by atoms with Crippen LogP contribution in [0.1, 0.15) is 21.9 Å². The molecule has 0 bridgehead atoms. The normalized spacial score (nSPS) is 13.7. The highest BCUT2D eigenvalue weighted by molar-refractivity contribution is 7.92. The van der Waals surface area contributed by atoms with E-state index >= 15 is 0 Å². The number of halogens is 1. The minimum Gasteiger partial charge on any atom is -0.615 e. The fraction of sp³-hybridized carbons (Fsp3) is 0.188. The zero-order chi connectivity index (χ0) is 15.4. The lowest BCUT2D eigenvalue weighted by Crippen LogP contribution is -2.28. The van der Waals surface area contributed by atoms with Crippen LogP contribution in [0.5, 0.6) is 0 Å². The zero-order valence-corrected chi connectivity index (χ0v) is 12.4. The van der Waals surface area contributed by atoms with Gasteiger partial charge < -0.3 is 10.3 Å². The summed E-state index contributed by atoms with van der Waals surface area (Å²) in [7, 11) is 0. The van der Waals surface area contributed by atoms with E-state index in [4.69, 9.17) is 5.73 Å². The van der Waals surface area contributed by atoms with E-state index in [2.05, 4.69) is 0 Å². The van der Waals surface area contributed by atoms with Gasteiger partial charge in [0.25, 0.3) is 5.91 Å². The molecular weight excluding hydrogens is 289 g/mol. The fourth-order valence-corrected chi connectivity index (χ4v) is 3.57. The lowest BCUT2D eigenvalue weighted by atomic mass is 10.0. The molecule has 0 aliphatic rings. The number of amides is 1. The summed E-state index contributed by atoms with van der Waals surface area (Å²) in [6.07, 6.45) is 0. The van der Waals surface area contributed by atoms with Crippen molar-refractivity contribution in [3.8, 4) is 0 Å². The molecule has 21 heavy (non-hydrogen) atoms. The highest BCUT2D eigenvalue weighted by Gasteiger charge is 2.28. The van der Waals surface area contributed by atoms with E-state index in [9.17, 15) is 13.7 Å². The number of hydrogen-bond donors (Lipinski definition) is 1. The second-order valence-electron chi connectivity index (χ2n) is 4.84. The first-order valence-electron chi connectivity index (χ1n) is 6.45. The first-order chi connectivity index (χ1) is 9.97. The zero-order valence-electron chi connectivity index (χ0n) is 11.6. The molecule has 0 saturated carbocycles. The Hall–Kier alpha value is -1.85. The second-order valence-corrected chi connectivity index (χ2v) is 6.36. The van der Waals surface area contributed by atoms with Crippen molar-refractivity contribution in [2.75, 3.05) is 5.75 Å². The Kier molecular flexibility index (Phi) is 4.98. The number of benzene rings is 2. The summed E-state index contributed by atoms with van der Waals surface area (Å²) in [4.78, 5) is 11.1. The number of aryl methyl sites for hydroxylation is 1. The van der Waals surface area contributed by atoms with E-state index in [1.165, 1.54) is 12.1 Å². The van der Waals surface area contributed by atoms with Crippen LogP contribution in [-0.2, 0) is 16.0 Å². The molecule has 2 rings (SSSR count). The van der Waals surface area contributed by atoms with Crippen LogP contribution >= 0.6 is 0 Å². The van der Waals surface area contributed by atoms with Crippen LogP contribution in [-0.4, -0.2) is 16.2 Å². The molecule has 0 spiro atoms. The van der Waals surface area contributed by atoms with Crippen molar-refractivity contribution in [1.29, 1.82) is 0 Å². The van der Waals surface area contributed by atoms with E-state index in [1.807, 2.05) is 31.2 Å². The van der Waals surface area contributed by atoms with Gasteiger partial charge in [-0.2, -0.15) is 0 Å². The van der Waals surface area contributed by atoms with Gasteiger partial charge in [0.05, 0.1) is 0 Å². The second kappa shape index (κ2) is 6.74. The summed E-state index contributed by atoms with van der Waals surface area (Å²) in [5.74, 6) is -1.29. The Labute approximate surface area is 126 Å². The number of hydrogen-bond acceptors (Lipinski definition) is 2. The molecular formula is C16H16FNO2S. The minimum atomic E-state index is -1.55. The third kappa shape index (κ3) is 4.06. The molecule has 0 heterocycles. The molecule has 0 aliphatic heterocycles. The van der Waals surface area contributed by atoms with Gasteiger partial charge in [0.2, 0.25) is 0 Å².